The van der Waals surface area contributed by atoms with Crippen LogP contribution in [0.2, 0.25) is 0 Å². The molecule has 0 aromatic rings. The second-order valence-corrected chi connectivity index (χ2v) is 17.9. The normalized spacial score (nSPS) is 11.8. The number of quaternary nitrogens is 1. The maximum absolute atomic E-state index is 2.31. The highest BCUT2D eigenvalue weighted by molar-refractivity contribution is 4.54. The molecule has 0 spiro atoms. The minimum atomic E-state index is 0. The van der Waals surface area contributed by atoms with Crippen molar-refractivity contribution >= 4 is 0 Å². The minimum absolute atomic E-state index is 0. The topological polar surface area (TPSA) is 0 Å². The number of hydrogen-bond acceptors (Lipinski definition) is 0. The van der Waals surface area contributed by atoms with Gasteiger partial charge in [-0.3, -0.25) is 0 Å². The van der Waals surface area contributed by atoms with Crippen LogP contribution in [-0.4, -0.2) is 32.2 Å². The predicted octanol–water partition coefficient (Wildman–Crippen LogP) is 14.5. The highest BCUT2D eigenvalue weighted by atomic mass is 35.5. The standard InChI is InChI=1S/C48H100N.ClH/c1-5-6-7-8-9-10-11-12-13-14-15-16-17-18-19-20-21-22-23-24-25-26-27-28-29-30-31-32-33-34-35-36-37-38-39-40-41-42-43-44-45-46-47-48-49(2,3)4;/h5-48H2,1-4H3;1H/q+1;/p-1. The molecule has 0 atom stereocenters. The Morgan fingerprint density at radius 1 is 0.200 bits per heavy atom. The van der Waals surface area contributed by atoms with Gasteiger partial charge in [-0.25, -0.2) is 0 Å². The Morgan fingerprint density at radius 2 is 0.320 bits per heavy atom. The first kappa shape index (κ1) is 52.4. The molecule has 0 aromatic heterocycles. The van der Waals surface area contributed by atoms with Crippen LogP contribution in [0.5, 0.6) is 0 Å². The summed E-state index contributed by atoms with van der Waals surface area (Å²) in [4.78, 5) is 0. The number of nitrogens with zero attached hydrogens (tertiary/aromatic N) is 1. The second-order valence-electron chi connectivity index (χ2n) is 17.9. The first-order valence-electron chi connectivity index (χ1n) is 23.9. The molecule has 0 aliphatic carbocycles. The van der Waals surface area contributed by atoms with Gasteiger partial charge in [-0.15, -0.1) is 0 Å². The maximum atomic E-state index is 2.31. The van der Waals surface area contributed by atoms with Gasteiger partial charge >= 0.3 is 0 Å². The molecule has 0 fully saturated rings. The Kier molecular flexibility index (Phi) is 47.5. The van der Waals surface area contributed by atoms with Crippen molar-refractivity contribution in [2.75, 3.05) is 27.7 Å². The third kappa shape index (κ3) is 50.4. The zero-order valence-electron chi connectivity index (χ0n) is 35.9. The molecule has 0 amide bonds. The SMILES string of the molecule is CCCCCCCCCCCCCCCCCCCCCCCCCCCCCCCCCCCCCCCCCCCCC[N+](C)(C)C.[Cl-]. The first-order chi connectivity index (χ1) is 24.1. The van der Waals surface area contributed by atoms with Crippen molar-refractivity contribution in [2.24, 2.45) is 0 Å². The lowest BCUT2D eigenvalue weighted by atomic mass is 10.0. The van der Waals surface area contributed by atoms with Gasteiger partial charge in [0.15, 0.2) is 0 Å². The van der Waals surface area contributed by atoms with Crippen LogP contribution in [0, 0.1) is 0 Å². The summed E-state index contributed by atoms with van der Waals surface area (Å²) in [5.74, 6) is 0. The molecule has 0 aromatic carbocycles. The van der Waals surface area contributed by atoms with Gasteiger partial charge in [-0.2, -0.15) is 0 Å². The lowest BCUT2D eigenvalue weighted by molar-refractivity contribution is -0.870. The van der Waals surface area contributed by atoms with Gasteiger partial charge in [0.25, 0.3) is 0 Å². The molecule has 0 saturated heterocycles. The van der Waals surface area contributed by atoms with Crippen molar-refractivity contribution in [3.8, 4) is 0 Å². The summed E-state index contributed by atoms with van der Waals surface area (Å²) in [6.07, 6.45) is 63.8. The van der Waals surface area contributed by atoms with E-state index < -0.39 is 0 Å². The quantitative estimate of drug-likeness (QED) is 0.0433. The molecule has 0 radical (unpaired) electrons. The lowest BCUT2D eigenvalue weighted by Gasteiger charge is -2.23. The second kappa shape index (κ2) is 45.4. The van der Waals surface area contributed by atoms with E-state index >= 15 is 0 Å². The Labute approximate surface area is 326 Å². The molecule has 50 heavy (non-hydrogen) atoms. The molecule has 0 heterocycles. The van der Waals surface area contributed by atoms with Crippen LogP contribution < -0.4 is 12.4 Å². The summed E-state index contributed by atoms with van der Waals surface area (Å²) >= 11 is 0. The largest absolute Gasteiger partial charge is 1.00 e. The third-order valence-corrected chi connectivity index (χ3v) is 11.4. The Hall–Kier alpha value is 0.250. The predicted molar refractivity (Wildman–Crippen MR) is 227 cm³/mol. The van der Waals surface area contributed by atoms with Crippen LogP contribution in [0.15, 0.2) is 0 Å². The number of halogens is 1. The molecule has 304 valence electrons. The minimum Gasteiger partial charge on any atom is -1.00 e. The van der Waals surface area contributed by atoms with Gasteiger partial charge in [-0.1, -0.05) is 270 Å². The zero-order chi connectivity index (χ0) is 35.6. The van der Waals surface area contributed by atoms with Crippen molar-refractivity contribution < 1.29 is 16.9 Å². The fourth-order valence-corrected chi connectivity index (χ4v) is 7.91. The molecule has 1 nitrogen and oxygen atoms in total. The van der Waals surface area contributed by atoms with Crippen molar-refractivity contribution in [3.63, 3.8) is 0 Å². The molecule has 0 aliphatic heterocycles. The summed E-state index contributed by atoms with van der Waals surface area (Å²) in [5, 5.41) is 0. The summed E-state index contributed by atoms with van der Waals surface area (Å²) in [6, 6.07) is 0. The monoisotopic (exact) mass is 726 g/mol. The smallest absolute Gasteiger partial charge is 0.0780 e. The number of unbranched alkanes of at least 4 members (excludes halogenated alkanes) is 42. The zero-order valence-corrected chi connectivity index (χ0v) is 36.7. The highest BCUT2D eigenvalue weighted by Crippen LogP contribution is 2.18. The van der Waals surface area contributed by atoms with E-state index in [1.165, 1.54) is 283 Å². The van der Waals surface area contributed by atoms with E-state index in [1.807, 2.05) is 0 Å². The van der Waals surface area contributed by atoms with Crippen LogP contribution in [0.4, 0.5) is 0 Å². The molecular weight excluding hydrogens is 626 g/mol. The van der Waals surface area contributed by atoms with Gasteiger partial charge < -0.3 is 16.9 Å². The first-order valence-corrected chi connectivity index (χ1v) is 23.9. The molecule has 0 rings (SSSR count). The van der Waals surface area contributed by atoms with Crippen molar-refractivity contribution in [3.05, 3.63) is 0 Å². The van der Waals surface area contributed by atoms with Gasteiger partial charge in [0, 0.05) is 0 Å². The van der Waals surface area contributed by atoms with E-state index in [0.29, 0.717) is 0 Å². The number of rotatable bonds is 44. The maximum Gasteiger partial charge on any atom is 0.0780 e. The van der Waals surface area contributed by atoms with Gasteiger partial charge in [0.1, 0.15) is 0 Å². The van der Waals surface area contributed by atoms with E-state index in [0.717, 1.165) is 4.48 Å². The molecule has 2 heteroatoms. The molecule has 0 unspecified atom stereocenters. The van der Waals surface area contributed by atoms with E-state index in [2.05, 4.69) is 28.1 Å². The van der Waals surface area contributed by atoms with E-state index in [9.17, 15) is 0 Å². The summed E-state index contributed by atoms with van der Waals surface area (Å²) in [5.41, 5.74) is 0. The summed E-state index contributed by atoms with van der Waals surface area (Å²) < 4.78 is 1.12. The Morgan fingerprint density at radius 3 is 0.440 bits per heavy atom. The molecule has 0 aliphatic rings. The van der Waals surface area contributed by atoms with E-state index in [1.54, 1.807) is 0 Å². The molecule has 0 N–H and O–H groups in total. The molecule has 0 saturated carbocycles. The van der Waals surface area contributed by atoms with Crippen LogP contribution in [-0.2, 0) is 0 Å². The van der Waals surface area contributed by atoms with Crippen LogP contribution in [0.1, 0.15) is 283 Å². The van der Waals surface area contributed by atoms with Crippen LogP contribution in [0.25, 0.3) is 0 Å². The van der Waals surface area contributed by atoms with Crippen molar-refractivity contribution in [1.29, 1.82) is 0 Å². The highest BCUT2D eigenvalue weighted by Gasteiger charge is 2.05. The van der Waals surface area contributed by atoms with E-state index in [4.69, 9.17) is 0 Å². The van der Waals surface area contributed by atoms with Gasteiger partial charge in [0.2, 0.25) is 0 Å². The molecule has 0 bridgehead atoms. The fraction of sp³-hybridized carbons (Fsp3) is 1.00. The van der Waals surface area contributed by atoms with E-state index in [-0.39, 0.29) is 12.4 Å². The lowest BCUT2D eigenvalue weighted by Crippen LogP contribution is -3.00. The fourth-order valence-electron chi connectivity index (χ4n) is 7.91. The van der Waals surface area contributed by atoms with Gasteiger partial charge in [0.05, 0.1) is 27.7 Å². The Balaban J connectivity index is 0. The summed E-state index contributed by atoms with van der Waals surface area (Å²) in [7, 11) is 6.94. The summed E-state index contributed by atoms with van der Waals surface area (Å²) in [6.45, 7) is 3.64. The van der Waals surface area contributed by atoms with Gasteiger partial charge in [-0.05, 0) is 12.8 Å². The van der Waals surface area contributed by atoms with Crippen LogP contribution >= 0.6 is 0 Å². The third-order valence-electron chi connectivity index (χ3n) is 11.4. The average molecular weight is 727 g/mol. The molecular formula is C48H100ClN. The Bertz CT molecular complexity index is 569. The van der Waals surface area contributed by atoms with Crippen LogP contribution in [0.3, 0.4) is 0 Å². The number of hydrogen-bond donors (Lipinski definition) is 0. The average Bonchev–Trinajstić information content (AvgIpc) is 3.08. The van der Waals surface area contributed by atoms with Crippen molar-refractivity contribution in [1.82, 2.24) is 0 Å². The van der Waals surface area contributed by atoms with Crippen molar-refractivity contribution in [2.45, 2.75) is 283 Å².